The van der Waals surface area contributed by atoms with Crippen LogP contribution in [0.4, 0.5) is 48.3 Å². The highest BCUT2D eigenvalue weighted by Gasteiger charge is 2.52. The van der Waals surface area contributed by atoms with Gasteiger partial charge in [-0.3, -0.25) is 0 Å². The third kappa shape index (κ3) is 16.0. The minimum atomic E-state index is -5.53. The number of hydrogen-bond acceptors (Lipinski definition) is 2. The predicted octanol–water partition coefficient (Wildman–Crippen LogP) is 19.8. The van der Waals surface area contributed by atoms with Crippen molar-refractivity contribution in [3.63, 3.8) is 0 Å². The van der Waals surface area contributed by atoms with E-state index in [1.54, 1.807) is 6.92 Å². The van der Waals surface area contributed by atoms with E-state index in [1.165, 1.54) is 91.6 Å². The highest BCUT2D eigenvalue weighted by molar-refractivity contribution is 5.78. The number of oxazole rings is 1. The molecule has 0 amide bonds. The molecule has 0 spiro atoms. The topological polar surface area (TPSA) is 83.0 Å². The monoisotopic (exact) mass is 1410 g/mol. The zero-order valence-electron chi connectivity index (χ0n) is 57.8. The van der Waals surface area contributed by atoms with Gasteiger partial charge in [0.15, 0.2) is 33.1 Å². The van der Waals surface area contributed by atoms with Crippen molar-refractivity contribution >= 4 is 44.2 Å². The maximum Gasteiger partial charge on any atom is 0.422 e. The van der Waals surface area contributed by atoms with Gasteiger partial charge in [-0.25, -0.2) is 41.7 Å². The highest BCUT2D eigenvalue weighted by Crippen LogP contribution is 2.45. The summed E-state index contributed by atoms with van der Waals surface area (Å²) in [7, 11) is 8.19. The molecular weight excluding hydrogens is 1340 g/mol. The highest BCUT2D eigenvalue weighted by atomic mass is 19.4. The Balaban J connectivity index is 0.000000130. The van der Waals surface area contributed by atoms with Gasteiger partial charge in [-0.1, -0.05) is 152 Å². The van der Waals surface area contributed by atoms with Gasteiger partial charge in [-0.2, -0.15) is 49.2 Å². The first-order valence-corrected chi connectivity index (χ1v) is 32.9. The summed E-state index contributed by atoms with van der Waals surface area (Å²) in [5.74, 6) is -6.64. The van der Waals surface area contributed by atoms with Gasteiger partial charge in [-0.15, -0.1) is 0 Å². The van der Waals surface area contributed by atoms with Crippen molar-refractivity contribution in [2.75, 3.05) is 0 Å². The Morgan fingerprint density at radius 1 is 0.437 bits per heavy atom. The van der Waals surface area contributed by atoms with E-state index in [0.717, 1.165) is 75.5 Å². The summed E-state index contributed by atoms with van der Waals surface area (Å²) in [4.78, 5) is 6.74. The fraction of sp³-hybridized carbons (Fsp3) is 0.183. The molecular formula is C82H74F11N9O+4. The van der Waals surface area contributed by atoms with Gasteiger partial charge in [0.1, 0.15) is 24.8 Å². The first-order chi connectivity index (χ1) is 49.0. The third-order valence-corrected chi connectivity index (χ3v) is 17.7. The lowest BCUT2D eigenvalue weighted by Crippen LogP contribution is -2.30. The number of H-pyrrole nitrogens is 2. The van der Waals surface area contributed by atoms with E-state index in [4.69, 9.17) is 4.42 Å². The molecule has 15 aromatic rings. The lowest BCUT2D eigenvalue weighted by Gasteiger charge is -2.20. The molecule has 0 aliphatic rings. The van der Waals surface area contributed by atoms with Gasteiger partial charge in [0.2, 0.25) is 11.5 Å². The number of benzene rings is 10. The molecule has 0 saturated heterocycles. The van der Waals surface area contributed by atoms with E-state index < -0.39 is 53.4 Å². The molecule has 0 aliphatic carbocycles. The standard InChI is InChI=1S/C22H21N2.C16H13F3N2.C15H14N2.C15H14NO.C14H10F8N2/c1-17-10-6-7-13-19(17)22-23(2)20-14-8-9-15-21(20)24(22)16-18-11-4-3-5-12-18;1-10-9-11(16(17,18)19)7-8-12(10)15-20-13-5-3-4-6-14(13)21(15)2;1-11-7-3-4-8-12(11)15-16-13-9-5-6-10-14(13)17(15)2;1-11-7-3-4-8-12(11)15-16(2)13-9-5-6-10-14(13)17-15;1-12(16,17)7-13(18,19)10-9(14(20,21)22)11(15)24(23-10)8-5-3-2-4-6-8/h3-15H,16H2,1-2H3;3-9H,1-2H3;2*3-10H,1-2H3;2-6H,7H2,1H3/q+1;;;+1;/p+2. The van der Waals surface area contributed by atoms with E-state index in [0.29, 0.717) is 5.56 Å². The summed E-state index contributed by atoms with van der Waals surface area (Å²) in [6.07, 6.45) is -12.1. The van der Waals surface area contributed by atoms with Crippen molar-refractivity contribution in [1.29, 1.82) is 0 Å². The number of hydrogen-bond donors (Lipinski definition) is 2. The van der Waals surface area contributed by atoms with Crippen LogP contribution in [0.3, 0.4) is 0 Å². The van der Waals surface area contributed by atoms with Crippen molar-refractivity contribution in [2.24, 2.45) is 28.2 Å². The molecule has 526 valence electrons. The number of imidazole rings is 3. The summed E-state index contributed by atoms with van der Waals surface area (Å²) in [5.41, 5.74) is 13.8. The molecule has 10 nitrogen and oxygen atoms in total. The molecule has 21 heteroatoms. The van der Waals surface area contributed by atoms with Crippen molar-refractivity contribution < 1.29 is 71.0 Å². The fourth-order valence-corrected chi connectivity index (χ4v) is 12.6. The van der Waals surface area contributed by atoms with E-state index in [2.05, 4.69) is 214 Å². The second kappa shape index (κ2) is 30.0. The molecule has 5 aromatic heterocycles. The Hall–Kier alpha value is -11.5. The first-order valence-electron chi connectivity index (χ1n) is 32.9. The van der Waals surface area contributed by atoms with Crippen LogP contribution in [0.2, 0.25) is 0 Å². The van der Waals surface area contributed by atoms with Crippen molar-refractivity contribution in [3.05, 3.63) is 299 Å². The molecule has 103 heavy (non-hydrogen) atoms. The number of para-hydroxylation sites is 9. The number of rotatable bonds is 10. The maximum atomic E-state index is 14.1. The normalized spacial score (nSPS) is 11.8. The number of halogens is 11. The van der Waals surface area contributed by atoms with E-state index in [-0.39, 0.29) is 17.3 Å². The minimum Gasteiger partial charge on any atom is -0.398 e. The zero-order valence-corrected chi connectivity index (χ0v) is 57.8. The van der Waals surface area contributed by atoms with Crippen LogP contribution in [-0.2, 0) is 53.0 Å². The Labute approximate surface area is 587 Å². The maximum absolute atomic E-state index is 14.1. The van der Waals surface area contributed by atoms with Crippen LogP contribution in [0.25, 0.3) is 95.5 Å². The van der Waals surface area contributed by atoms with Crippen LogP contribution in [0.15, 0.2) is 253 Å². The number of nitrogens with zero attached hydrogens (tertiary/aromatic N) is 7. The lowest BCUT2D eigenvalue weighted by atomic mass is 10.0. The van der Waals surface area contributed by atoms with E-state index >= 15 is 0 Å². The van der Waals surface area contributed by atoms with Crippen LogP contribution in [0, 0.1) is 33.6 Å². The third-order valence-electron chi connectivity index (χ3n) is 17.7. The van der Waals surface area contributed by atoms with Crippen molar-refractivity contribution in [1.82, 2.24) is 24.3 Å². The number of fused-ring (bicyclic) bond motifs is 4. The van der Waals surface area contributed by atoms with Crippen LogP contribution in [0.5, 0.6) is 0 Å². The molecule has 0 fully saturated rings. The lowest BCUT2D eigenvalue weighted by molar-refractivity contribution is -0.637. The van der Waals surface area contributed by atoms with Gasteiger partial charge in [0.25, 0.3) is 34.8 Å². The van der Waals surface area contributed by atoms with Gasteiger partial charge < -0.3 is 4.42 Å². The van der Waals surface area contributed by atoms with E-state index in [1.807, 2.05) is 73.3 Å². The smallest absolute Gasteiger partial charge is 0.398 e. The van der Waals surface area contributed by atoms with Crippen molar-refractivity contribution in [3.8, 4) is 51.3 Å². The molecule has 0 bridgehead atoms. The molecule has 15 rings (SSSR count). The zero-order chi connectivity index (χ0) is 73.7. The summed E-state index contributed by atoms with van der Waals surface area (Å²) in [6.45, 7) is 9.10. The summed E-state index contributed by atoms with van der Waals surface area (Å²) in [5, 5.41) is 2.94. The van der Waals surface area contributed by atoms with Gasteiger partial charge in [0.05, 0.1) is 61.1 Å². The summed E-state index contributed by atoms with van der Waals surface area (Å²) >= 11 is 0. The molecule has 2 N–H and O–H groups in total. The predicted molar refractivity (Wildman–Crippen MR) is 378 cm³/mol. The SMILES string of the molecule is CC(F)(F)CC(F)(F)c1nn(-c2ccccc2)c(F)c1C(F)(F)F.Cc1cc(C(F)(F)F)ccc1-c1[nH]c2ccccc2[n+]1C.Cc1ccccc1-c1[nH]c2ccccc2[n+]1C.Cc1ccccc1-c1n(Cc2ccccc2)c2ccccc2[n+]1C.Cc1ccccc1-c1oc2ccccc2[n+]1C. The fourth-order valence-electron chi connectivity index (χ4n) is 12.6. The molecule has 10 aromatic carbocycles. The average Bonchev–Trinajstić information content (AvgIpc) is 1.63. The van der Waals surface area contributed by atoms with E-state index in [9.17, 15) is 48.3 Å². The Kier molecular flexibility index (Phi) is 21.2. The number of aromatic amines is 2. The minimum absolute atomic E-state index is 0.0138. The van der Waals surface area contributed by atoms with Crippen LogP contribution < -0.4 is 18.3 Å². The van der Waals surface area contributed by atoms with Crippen LogP contribution in [0.1, 0.15) is 58.0 Å². The van der Waals surface area contributed by atoms with Crippen LogP contribution in [-0.4, -0.2) is 30.2 Å². The summed E-state index contributed by atoms with van der Waals surface area (Å²) < 4.78 is 162. The number of aryl methyl sites for hydroxylation is 8. The quantitative estimate of drug-likeness (QED) is 0.106. The number of alkyl halides is 10. The summed E-state index contributed by atoms with van der Waals surface area (Å²) in [6, 6.07) is 79.0. The Morgan fingerprint density at radius 3 is 1.40 bits per heavy atom. The first kappa shape index (κ1) is 72.8. The molecule has 0 unspecified atom stereocenters. The Morgan fingerprint density at radius 2 is 0.893 bits per heavy atom. The largest absolute Gasteiger partial charge is 0.422 e. The molecule has 0 aliphatic heterocycles. The molecule has 0 atom stereocenters. The molecule has 5 heterocycles. The Bertz CT molecular complexity index is 5350. The second-order valence-electron chi connectivity index (χ2n) is 25.2. The van der Waals surface area contributed by atoms with Gasteiger partial charge in [-0.05, 0) is 153 Å². The van der Waals surface area contributed by atoms with Crippen LogP contribution >= 0.6 is 0 Å². The number of aromatic nitrogens is 9. The molecule has 0 saturated carbocycles. The van der Waals surface area contributed by atoms with Gasteiger partial charge >= 0.3 is 18.2 Å². The van der Waals surface area contributed by atoms with Gasteiger partial charge in [0, 0.05) is 6.07 Å². The van der Waals surface area contributed by atoms with Crippen molar-refractivity contribution in [2.45, 2.75) is 71.8 Å². The second-order valence-corrected chi connectivity index (χ2v) is 25.2. The average molecular weight is 1410 g/mol. The number of nitrogens with one attached hydrogen (secondary N) is 2. The molecule has 0 radical (unpaired) electrons.